The molecule has 1 saturated heterocycles. The number of hydrogen-bond donors (Lipinski definition) is 0. The Morgan fingerprint density at radius 2 is 1.96 bits per heavy atom. The van der Waals surface area contributed by atoms with Crippen LogP contribution >= 0.6 is 0 Å². The molecule has 0 spiro atoms. The molecule has 1 aromatic rings. The van der Waals surface area contributed by atoms with Gasteiger partial charge in [0, 0.05) is 43.5 Å². The van der Waals surface area contributed by atoms with Gasteiger partial charge >= 0.3 is 0 Å². The first-order valence-electron chi connectivity index (χ1n) is 8.64. The molecule has 0 bridgehead atoms. The normalized spacial score (nSPS) is 20.8. The Morgan fingerprint density at radius 1 is 1.21 bits per heavy atom. The van der Waals surface area contributed by atoms with Crippen LogP contribution in [0.2, 0.25) is 0 Å². The summed E-state index contributed by atoms with van der Waals surface area (Å²) in [5.74, 6) is 0.896. The first-order chi connectivity index (χ1) is 11.4. The highest BCUT2D eigenvalue weighted by atomic mass is 32.2. The van der Waals surface area contributed by atoms with Gasteiger partial charge in [-0.05, 0) is 39.7 Å². The van der Waals surface area contributed by atoms with E-state index in [1.54, 1.807) is 11.4 Å². The molecule has 6 nitrogen and oxygen atoms in total. The smallest absolute Gasteiger partial charge is 0.217 e. The molecular weight excluding hydrogens is 326 g/mol. The van der Waals surface area contributed by atoms with Gasteiger partial charge < -0.3 is 4.74 Å². The molecule has 134 valence electrons. The summed E-state index contributed by atoms with van der Waals surface area (Å²) in [5, 5.41) is -0.116. The number of rotatable bonds is 5. The molecule has 0 atom stereocenters. The maximum atomic E-state index is 12.4. The monoisotopic (exact) mass is 353 g/mol. The molecule has 0 amide bonds. The first kappa shape index (κ1) is 17.6. The van der Waals surface area contributed by atoms with Crippen LogP contribution < -0.4 is 4.74 Å². The van der Waals surface area contributed by atoms with Gasteiger partial charge in [0.1, 0.15) is 5.75 Å². The van der Waals surface area contributed by atoms with E-state index in [4.69, 9.17) is 4.74 Å². The summed E-state index contributed by atoms with van der Waals surface area (Å²) >= 11 is 0. The Kier molecular flexibility index (Phi) is 5.13. The maximum Gasteiger partial charge on any atom is 0.217 e. The van der Waals surface area contributed by atoms with Crippen molar-refractivity contribution in [2.45, 2.75) is 44.9 Å². The second-order valence-electron chi connectivity index (χ2n) is 6.82. The van der Waals surface area contributed by atoms with E-state index in [-0.39, 0.29) is 5.25 Å². The summed E-state index contributed by atoms with van der Waals surface area (Å²) in [6.45, 7) is 7.64. The van der Waals surface area contributed by atoms with E-state index in [2.05, 4.69) is 9.88 Å². The van der Waals surface area contributed by atoms with E-state index >= 15 is 0 Å². The van der Waals surface area contributed by atoms with E-state index in [0.29, 0.717) is 13.1 Å². The van der Waals surface area contributed by atoms with E-state index < -0.39 is 10.0 Å². The topological polar surface area (TPSA) is 62.7 Å². The lowest BCUT2D eigenvalue weighted by Gasteiger charge is -2.22. The van der Waals surface area contributed by atoms with Crippen molar-refractivity contribution in [1.29, 1.82) is 0 Å². The van der Waals surface area contributed by atoms with Crippen LogP contribution in [0.4, 0.5) is 0 Å². The van der Waals surface area contributed by atoms with Crippen LogP contribution in [0.3, 0.4) is 0 Å². The lowest BCUT2D eigenvalue weighted by atomic mass is 10.1. The molecule has 1 aliphatic carbocycles. The summed E-state index contributed by atoms with van der Waals surface area (Å²) in [6, 6.07) is 0. The lowest BCUT2D eigenvalue weighted by molar-refractivity contribution is 0.274. The third kappa shape index (κ3) is 3.58. The van der Waals surface area contributed by atoms with Crippen molar-refractivity contribution in [3.63, 3.8) is 0 Å². The molecule has 7 heteroatoms. The van der Waals surface area contributed by atoms with Crippen LogP contribution in [0.1, 0.15) is 36.1 Å². The van der Waals surface area contributed by atoms with E-state index in [1.807, 2.05) is 20.0 Å². The molecule has 0 unspecified atom stereocenters. The molecular formula is C17H27N3O3S. The molecule has 24 heavy (non-hydrogen) atoms. The number of methoxy groups -OCH3 is 1. The van der Waals surface area contributed by atoms with E-state index in [9.17, 15) is 8.42 Å². The second-order valence-corrected chi connectivity index (χ2v) is 9.03. The Morgan fingerprint density at radius 3 is 2.62 bits per heavy atom. The van der Waals surface area contributed by atoms with Gasteiger partial charge in [-0.25, -0.2) is 12.7 Å². The number of ether oxygens (including phenoxy) is 1. The second kappa shape index (κ2) is 6.98. The molecule has 2 heterocycles. The van der Waals surface area contributed by atoms with Crippen LogP contribution in [0.5, 0.6) is 5.75 Å². The maximum absolute atomic E-state index is 12.4. The number of pyridine rings is 1. The molecule has 2 aliphatic rings. The molecule has 0 aromatic carbocycles. The number of aromatic nitrogens is 1. The van der Waals surface area contributed by atoms with Crippen LogP contribution in [-0.4, -0.2) is 61.1 Å². The zero-order valence-corrected chi connectivity index (χ0v) is 15.6. The minimum absolute atomic E-state index is 0.116. The van der Waals surface area contributed by atoms with Gasteiger partial charge in [-0.15, -0.1) is 0 Å². The van der Waals surface area contributed by atoms with Crippen LogP contribution in [0.15, 0.2) is 6.20 Å². The highest BCUT2D eigenvalue weighted by Crippen LogP contribution is 2.31. The van der Waals surface area contributed by atoms with Crippen molar-refractivity contribution < 1.29 is 13.2 Å². The summed E-state index contributed by atoms with van der Waals surface area (Å²) in [7, 11) is -1.38. The number of hydrogen-bond acceptors (Lipinski definition) is 5. The van der Waals surface area contributed by atoms with Crippen LogP contribution in [-0.2, 0) is 16.6 Å². The lowest BCUT2D eigenvalue weighted by Crippen LogP contribution is -2.37. The minimum Gasteiger partial charge on any atom is -0.496 e. The zero-order chi connectivity index (χ0) is 17.3. The fourth-order valence-corrected chi connectivity index (χ4v) is 5.25. The molecule has 0 radical (unpaired) electrons. The van der Waals surface area contributed by atoms with Crippen molar-refractivity contribution in [2.75, 3.05) is 33.3 Å². The molecule has 0 N–H and O–H groups in total. The van der Waals surface area contributed by atoms with Crippen LogP contribution in [0.25, 0.3) is 0 Å². The summed E-state index contributed by atoms with van der Waals surface area (Å²) in [4.78, 5) is 6.86. The van der Waals surface area contributed by atoms with E-state index in [0.717, 1.165) is 61.5 Å². The van der Waals surface area contributed by atoms with Gasteiger partial charge in [0.15, 0.2) is 0 Å². The Labute approximate surface area is 144 Å². The molecule has 2 fully saturated rings. The van der Waals surface area contributed by atoms with Crippen LogP contribution in [0, 0.1) is 13.8 Å². The van der Waals surface area contributed by atoms with Crippen molar-refractivity contribution in [1.82, 2.24) is 14.2 Å². The minimum atomic E-state index is -3.06. The standard InChI is InChI=1S/C17H27N3O3S/c1-13-11-18-16(14(2)17(13)23-3)12-19-7-4-8-20(10-9-19)24(21,22)15-5-6-15/h11,15H,4-10,12H2,1-3H3. The predicted molar refractivity (Wildman–Crippen MR) is 93.7 cm³/mol. The molecule has 1 aromatic heterocycles. The van der Waals surface area contributed by atoms with Crippen molar-refractivity contribution in [2.24, 2.45) is 0 Å². The Bertz CT molecular complexity index is 701. The molecule has 3 rings (SSSR count). The first-order valence-corrected chi connectivity index (χ1v) is 10.1. The van der Waals surface area contributed by atoms with Gasteiger partial charge in [-0.1, -0.05) is 0 Å². The summed E-state index contributed by atoms with van der Waals surface area (Å²) < 4.78 is 32.0. The number of aryl methyl sites for hydroxylation is 1. The fraction of sp³-hybridized carbons (Fsp3) is 0.706. The SMILES string of the molecule is COc1c(C)cnc(CN2CCCN(S(=O)(=O)C3CC3)CC2)c1C. The van der Waals surface area contributed by atoms with Gasteiger partial charge in [0.25, 0.3) is 0 Å². The number of sulfonamides is 1. The average molecular weight is 353 g/mol. The summed E-state index contributed by atoms with van der Waals surface area (Å²) in [5.41, 5.74) is 3.12. The van der Waals surface area contributed by atoms with Crippen molar-refractivity contribution >= 4 is 10.0 Å². The van der Waals surface area contributed by atoms with Gasteiger partial charge in [0.2, 0.25) is 10.0 Å². The number of nitrogens with zero attached hydrogens (tertiary/aromatic N) is 3. The van der Waals surface area contributed by atoms with Gasteiger partial charge in [-0.2, -0.15) is 0 Å². The molecule has 1 saturated carbocycles. The largest absolute Gasteiger partial charge is 0.496 e. The Balaban J connectivity index is 1.67. The Hall–Kier alpha value is -1.18. The van der Waals surface area contributed by atoms with Gasteiger partial charge in [-0.3, -0.25) is 9.88 Å². The highest BCUT2D eigenvalue weighted by molar-refractivity contribution is 7.90. The summed E-state index contributed by atoms with van der Waals surface area (Å²) in [6.07, 6.45) is 4.38. The highest BCUT2D eigenvalue weighted by Gasteiger charge is 2.40. The van der Waals surface area contributed by atoms with Crippen molar-refractivity contribution in [3.8, 4) is 5.75 Å². The van der Waals surface area contributed by atoms with Gasteiger partial charge in [0.05, 0.1) is 18.1 Å². The third-order valence-corrected chi connectivity index (χ3v) is 7.37. The molecule has 1 aliphatic heterocycles. The van der Waals surface area contributed by atoms with E-state index in [1.165, 1.54) is 0 Å². The third-order valence-electron chi connectivity index (χ3n) is 4.98. The quantitative estimate of drug-likeness (QED) is 0.806. The fourth-order valence-electron chi connectivity index (χ4n) is 3.38. The predicted octanol–water partition coefficient (Wildman–Crippen LogP) is 1.71. The van der Waals surface area contributed by atoms with Crippen molar-refractivity contribution in [3.05, 3.63) is 23.0 Å². The average Bonchev–Trinajstić information content (AvgIpc) is 3.37. The zero-order valence-electron chi connectivity index (χ0n) is 14.8.